The smallest absolute Gasteiger partial charge is 0.255 e. The van der Waals surface area contributed by atoms with Crippen molar-refractivity contribution in [2.75, 3.05) is 24.0 Å². The SMILES string of the molecule is CC.Cc1ccc(NCOCCC2CCCCC2)cc1NC(=O)c1ccccc1. The number of carbonyl (C=O) groups excluding carboxylic acids is 1. The molecule has 158 valence electrons. The van der Waals surface area contributed by atoms with Crippen molar-refractivity contribution in [3.8, 4) is 0 Å². The van der Waals surface area contributed by atoms with Gasteiger partial charge in [0.25, 0.3) is 5.91 Å². The number of anilines is 2. The van der Waals surface area contributed by atoms with E-state index in [2.05, 4.69) is 10.6 Å². The number of benzene rings is 2. The molecule has 0 aliphatic heterocycles. The predicted octanol–water partition coefficient (Wildman–Crippen LogP) is 6.63. The summed E-state index contributed by atoms with van der Waals surface area (Å²) >= 11 is 0. The molecule has 0 radical (unpaired) electrons. The second-order valence-electron chi connectivity index (χ2n) is 7.37. The molecule has 0 unspecified atom stereocenters. The molecule has 1 amide bonds. The van der Waals surface area contributed by atoms with Crippen LogP contribution in [0, 0.1) is 12.8 Å². The highest BCUT2D eigenvalue weighted by atomic mass is 16.5. The van der Waals surface area contributed by atoms with Gasteiger partial charge in [-0.15, -0.1) is 0 Å². The summed E-state index contributed by atoms with van der Waals surface area (Å²) in [6, 6.07) is 15.2. The summed E-state index contributed by atoms with van der Waals surface area (Å²) in [6.07, 6.45) is 8.04. The van der Waals surface area contributed by atoms with Crippen LogP contribution in [0.1, 0.15) is 68.3 Å². The molecular weight excluding hydrogens is 360 g/mol. The molecule has 0 spiro atoms. The maximum atomic E-state index is 12.4. The fourth-order valence-corrected chi connectivity index (χ4v) is 3.58. The van der Waals surface area contributed by atoms with Gasteiger partial charge in [-0.05, 0) is 49.1 Å². The van der Waals surface area contributed by atoms with Gasteiger partial charge in [0.05, 0.1) is 0 Å². The molecule has 29 heavy (non-hydrogen) atoms. The van der Waals surface area contributed by atoms with Gasteiger partial charge in [0.1, 0.15) is 6.73 Å². The molecule has 2 aromatic rings. The van der Waals surface area contributed by atoms with Crippen LogP contribution in [0.25, 0.3) is 0 Å². The summed E-state index contributed by atoms with van der Waals surface area (Å²) in [7, 11) is 0. The van der Waals surface area contributed by atoms with Crippen LogP contribution in [0.3, 0.4) is 0 Å². The Balaban J connectivity index is 0.00000145. The Labute approximate surface area is 176 Å². The van der Waals surface area contributed by atoms with Gasteiger partial charge < -0.3 is 15.4 Å². The van der Waals surface area contributed by atoms with Gasteiger partial charge in [-0.25, -0.2) is 0 Å². The van der Waals surface area contributed by atoms with E-state index in [1.807, 2.05) is 69.3 Å². The minimum Gasteiger partial charge on any atom is -0.363 e. The molecule has 1 saturated carbocycles. The number of aryl methyl sites for hydroxylation is 1. The van der Waals surface area contributed by atoms with Crippen molar-refractivity contribution in [1.29, 1.82) is 0 Å². The summed E-state index contributed by atoms with van der Waals surface area (Å²) in [5, 5.41) is 6.28. The highest BCUT2D eigenvalue weighted by molar-refractivity contribution is 6.04. The monoisotopic (exact) mass is 396 g/mol. The van der Waals surface area contributed by atoms with E-state index in [0.717, 1.165) is 35.9 Å². The normalized spacial score (nSPS) is 13.9. The van der Waals surface area contributed by atoms with Gasteiger partial charge in [0, 0.05) is 23.5 Å². The highest BCUT2D eigenvalue weighted by Crippen LogP contribution is 2.26. The van der Waals surface area contributed by atoms with E-state index in [-0.39, 0.29) is 5.91 Å². The Bertz CT molecular complexity index is 725. The number of hydrogen-bond donors (Lipinski definition) is 2. The standard InChI is InChI=1S/C23H30N2O2.C2H6/c1-18-12-13-21(24-17-27-15-14-19-8-4-2-5-9-19)16-22(18)25-23(26)20-10-6-3-7-11-20;1-2/h3,6-7,10-13,16,19,24H,2,4-5,8-9,14-15,17H2,1H3,(H,25,26);1-2H3. The fraction of sp³-hybridized carbons (Fsp3) is 0.480. The third-order valence-electron chi connectivity index (χ3n) is 5.30. The van der Waals surface area contributed by atoms with Crippen LogP contribution in [-0.4, -0.2) is 19.2 Å². The van der Waals surface area contributed by atoms with Crippen molar-refractivity contribution in [2.24, 2.45) is 5.92 Å². The van der Waals surface area contributed by atoms with Gasteiger partial charge >= 0.3 is 0 Å². The second kappa shape index (κ2) is 13.0. The zero-order chi connectivity index (χ0) is 20.9. The first kappa shape index (κ1) is 23.0. The number of ether oxygens (including phenoxy) is 1. The number of nitrogens with one attached hydrogen (secondary N) is 2. The zero-order valence-corrected chi connectivity index (χ0v) is 18.2. The lowest BCUT2D eigenvalue weighted by Gasteiger charge is -2.21. The summed E-state index contributed by atoms with van der Waals surface area (Å²) in [6.45, 7) is 7.29. The molecule has 1 aliphatic rings. The Hall–Kier alpha value is -2.33. The summed E-state index contributed by atoms with van der Waals surface area (Å²) < 4.78 is 5.76. The van der Waals surface area contributed by atoms with Gasteiger partial charge in [-0.1, -0.05) is 70.2 Å². The number of rotatable bonds is 8. The topological polar surface area (TPSA) is 50.4 Å². The third kappa shape index (κ3) is 7.90. The Morgan fingerprint density at radius 3 is 2.48 bits per heavy atom. The first-order valence-corrected chi connectivity index (χ1v) is 11.0. The molecular formula is C25H36N2O2. The molecule has 1 aliphatic carbocycles. The van der Waals surface area contributed by atoms with Crippen LogP contribution in [0.2, 0.25) is 0 Å². The molecule has 1 fully saturated rings. The second-order valence-corrected chi connectivity index (χ2v) is 7.37. The summed E-state index contributed by atoms with van der Waals surface area (Å²) in [5.41, 5.74) is 3.45. The van der Waals surface area contributed by atoms with Gasteiger partial charge in [-0.2, -0.15) is 0 Å². The Morgan fingerprint density at radius 1 is 1.03 bits per heavy atom. The fourth-order valence-electron chi connectivity index (χ4n) is 3.58. The van der Waals surface area contributed by atoms with Gasteiger partial charge in [-0.3, -0.25) is 4.79 Å². The molecule has 0 heterocycles. The van der Waals surface area contributed by atoms with Crippen molar-refractivity contribution in [3.63, 3.8) is 0 Å². The average molecular weight is 397 g/mol. The van der Waals surface area contributed by atoms with Crippen molar-refractivity contribution in [2.45, 2.75) is 59.3 Å². The average Bonchev–Trinajstić information content (AvgIpc) is 2.78. The van der Waals surface area contributed by atoms with E-state index in [4.69, 9.17) is 4.74 Å². The minimum atomic E-state index is -0.0976. The lowest BCUT2D eigenvalue weighted by Crippen LogP contribution is -2.14. The van der Waals surface area contributed by atoms with Gasteiger partial charge in [0.15, 0.2) is 0 Å². The first-order chi connectivity index (χ1) is 14.2. The quantitative estimate of drug-likeness (QED) is 0.389. The highest BCUT2D eigenvalue weighted by Gasteiger charge is 2.12. The minimum absolute atomic E-state index is 0.0976. The van der Waals surface area contributed by atoms with Crippen LogP contribution in [0.15, 0.2) is 48.5 Å². The molecule has 0 saturated heterocycles. The van der Waals surface area contributed by atoms with E-state index in [1.165, 1.54) is 32.1 Å². The predicted molar refractivity (Wildman–Crippen MR) is 123 cm³/mol. The molecule has 3 rings (SSSR count). The van der Waals surface area contributed by atoms with Crippen molar-refractivity contribution in [1.82, 2.24) is 0 Å². The van der Waals surface area contributed by atoms with E-state index >= 15 is 0 Å². The van der Waals surface area contributed by atoms with Crippen LogP contribution < -0.4 is 10.6 Å². The van der Waals surface area contributed by atoms with Crippen molar-refractivity contribution >= 4 is 17.3 Å². The number of hydrogen-bond acceptors (Lipinski definition) is 3. The Morgan fingerprint density at radius 2 is 1.76 bits per heavy atom. The number of carbonyl (C=O) groups is 1. The Kier molecular flexibility index (Phi) is 10.3. The maximum absolute atomic E-state index is 12.4. The first-order valence-electron chi connectivity index (χ1n) is 11.0. The van der Waals surface area contributed by atoms with E-state index in [0.29, 0.717) is 12.3 Å². The van der Waals surface area contributed by atoms with E-state index in [9.17, 15) is 4.79 Å². The summed E-state index contributed by atoms with van der Waals surface area (Å²) in [5.74, 6) is 0.748. The molecule has 4 heteroatoms. The maximum Gasteiger partial charge on any atom is 0.255 e. The molecule has 0 bridgehead atoms. The van der Waals surface area contributed by atoms with Crippen molar-refractivity contribution < 1.29 is 9.53 Å². The van der Waals surface area contributed by atoms with Gasteiger partial charge in [0.2, 0.25) is 0 Å². The molecule has 2 aromatic carbocycles. The van der Waals surface area contributed by atoms with Crippen molar-refractivity contribution in [3.05, 3.63) is 59.7 Å². The number of amides is 1. The largest absolute Gasteiger partial charge is 0.363 e. The summed E-state index contributed by atoms with van der Waals surface area (Å²) in [4.78, 5) is 12.4. The molecule has 2 N–H and O–H groups in total. The van der Waals surface area contributed by atoms with E-state index in [1.54, 1.807) is 0 Å². The van der Waals surface area contributed by atoms with Crippen LogP contribution >= 0.6 is 0 Å². The lowest BCUT2D eigenvalue weighted by atomic mass is 9.87. The molecule has 0 atom stereocenters. The third-order valence-corrected chi connectivity index (χ3v) is 5.30. The van der Waals surface area contributed by atoms with Crippen LogP contribution in [0.5, 0.6) is 0 Å². The lowest BCUT2D eigenvalue weighted by molar-refractivity contribution is 0.102. The van der Waals surface area contributed by atoms with Crippen LogP contribution in [-0.2, 0) is 4.74 Å². The van der Waals surface area contributed by atoms with E-state index < -0.39 is 0 Å². The molecule has 4 nitrogen and oxygen atoms in total. The molecule has 0 aromatic heterocycles. The van der Waals surface area contributed by atoms with Crippen LogP contribution in [0.4, 0.5) is 11.4 Å². The zero-order valence-electron chi connectivity index (χ0n) is 18.2.